The van der Waals surface area contributed by atoms with Gasteiger partial charge in [-0.15, -0.1) is 0 Å². The van der Waals surface area contributed by atoms with Crippen molar-refractivity contribution in [1.29, 1.82) is 0 Å². The molecule has 0 fully saturated rings. The third-order valence-corrected chi connectivity index (χ3v) is 4.30. The summed E-state index contributed by atoms with van der Waals surface area (Å²) in [5.41, 5.74) is 1.85. The molecular formula is C18H33N3. The zero-order chi connectivity index (χ0) is 15.9. The van der Waals surface area contributed by atoms with Crippen LogP contribution in [0.5, 0.6) is 0 Å². The van der Waals surface area contributed by atoms with Crippen LogP contribution in [-0.2, 0) is 6.54 Å². The Morgan fingerprint density at radius 2 is 1.67 bits per heavy atom. The van der Waals surface area contributed by atoms with Crippen molar-refractivity contribution >= 4 is 0 Å². The summed E-state index contributed by atoms with van der Waals surface area (Å²) < 4.78 is 0. The fraction of sp³-hybridized carbons (Fsp3) is 0.722. The topological polar surface area (TPSA) is 28.2 Å². The fourth-order valence-corrected chi connectivity index (χ4v) is 2.66. The molecule has 3 nitrogen and oxygen atoms in total. The van der Waals surface area contributed by atoms with Crippen molar-refractivity contribution < 1.29 is 0 Å². The highest BCUT2D eigenvalue weighted by molar-refractivity contribution is 5.09. The van der Waals surface area contributed by atoms with E-state index in [9.17, 15) is 0 Å². The molecule has 0 aliphatic rings. The summed E-state index contributed by atoms with van der Waals surface area (Å²) in [4.78, 5) is 6.52. The van der Waals surface area contributed by atoms with Gasteiger partial charge in [0.25, 0.3) is 0 Å². The molecule has 1 aromatic rings. The first-order valence-electron chi connectivity index (χ1n) is 8.13. The molecule has 0 radical (unpaired) electrons. The van der Waals surface area contributed by atoms with Crippen molar-refractivity contribution in [3.05, 3.63) is 30.1 Å². The van der Waals surface area contributed by atoms with E-state index in [4.69, 9.17) is 0 Å². The van der Waals surface area contributed by atoms with Crippen LogP contribution in [0.3, 0.4) is 0 Å². The Balaban J connectivity index is 2.64. The maximum Gasteiger partial charge on any atom is 0.0271 e. The number of nitrogens with zero attached hydrogens (tertiary/aromatic N) is 2. The van der Waals surface area contributed by atoms with Gasteiger partial charge in [0, 0.05) is 37.6 Å². The van der Waals surface area contributed by atoms with Crippen LogP contribution >= 0.6 is 0 Å². The van der Waals surface area contributed by atoms with Crippen molar-refractivity contribution in [2.45, 2.75) is 59.5 Å². The highest BCUT2D eigenvalue weighted by atomic mass is 15.1. The average molecular weight is 291 g/mol. The van der Waals surface area contributed by atoms with Crippen LogP contribution in [-0.4, -0.2) is 35.6 Å². The largest absolute Gasteiger partial charge is 0.311 e. The lowest BCUT2D eigenvalue weighted by Gasteiger charge is -2.38. The number of hydrogen-bond acceptors (Lipinski definition) is 3. The van der Waals surface area contributed by atoms with Crippen molar-refractivity contribution in [3.8, 4) is 0 Å². The first-order chi connectivity index (χ1) is 9.80. The van der Waals surface area contributed by atoms with Gasteiger partial charge in [-0.25, -0.2) is 0 Å². The number of rotatable bonds is 8. The zero-order valence-corrected chi connectivity index (χ0v) is 14.7. The highest BCUT2D eigenvalue weighted by Crippen LogP contribution is 2.27. The average Bonchev–Trinajstić information content (AvgIpc) is 2.44. The molecule has 0 saturated heterocycles. The van der Waals surface area contributed by atoms with Gasteiger partial charge in [-0.3, -0.25) is 4.98 Å². The summed E-state index contributed by atoms with van der Waals surface area (Å²) in [6.07, 6.45) is 6.15. The molecule has 0 aliphatic carbocycles. The van der Waals surface area contributed by atoms with E-state index in [0.717, 1.165) is 19.6 Å². The minimum absolute atomic E-state index is 0.180. The van der Waals surface area contributed by atoms with Crippen molar-refractivity contribution in [1.82, 2.24) is 15.2 Å². The number of nitrogens with one attached hydrogen (secondary N) is 1. The van der Waals surface area contributed by atoms with E-state index in [2.05, 4.69) is 69.0 Å². The number of aromatic nitrogens is 1. The van der Waals surface area contributed by atoms with Crippen LogP contribution in [0.1, 0.15) is 53.0 Å². The summed E-state index contributed by atoms with van der Waals surface area (Å²) in [7, 11) is 2.22. The Labute approximate surface area is 131 Å². The zero-order valence-electron chi connectivity index (χ0n) is 14.7. The minimum Gasteiger partial charge on any atom is -0.311 e. The molecule has 0 atom stereocenters. The lowest BCUT2D eigenvalue weighted by atomic mass is 9.81. The lowest BCUT2D eigenvalue weighted by molar-refractivity contribution is 0.140. The SMILES string of the molecule is CCC(CC)(CNC(C)(C)C)CN(C)Cc1ccncc1. The van der Waals surface area contributed by atoms with Gasteiger partial charge in [-0.05, 0) is 63.8 Å². The van der Waals surface area contributed by atoms with Crippen molar-refractivity contribution in [2.24, 2.45) is 5.41 Å². The summed E-state index contributed by atoms with van der Waals surface area (Å²) in [6.45, 7) is 14.5. The minimum atomic E-state index is 0.180. The molecule has 3 heteroatoms. The Kier molecular flexibility index (Phi) is 6.82. The highest BCUT2D eigenvalue weighted by Gasteiger charge is 2.29. The van der Waals surface area contributed by atoms with Crippen molar-refractivity contribution in [2.75, 3.05) is 20.1 Å². The van der Waals surface area contributed by atoms with Gasteiger partial charge in [0.1, 0.15) is 0 Å². The van der Waals surface area contributed by atoms with E-state index < -0.39 is 0 Å². The molecule has 1 N–H and O–H groups in total. The Bertz CT molecular complexity index is 391. The molecule has 0 amide bonds. The number of hydrogen-bond donors (Lipinski definition) is 1. The summed E-state index contributed by atoms with van der Waals surface area (Å²) >= 11 is 0. The summed E-state index contributed by atoms with van der Waals surface area (Å²) in [5.74, 6) is 0. The van der Waals surface area contributed by atoms with E-state index in [0.29, 0.717) is 5.41 Å². The van der Waals surface area contributed by atoms with E-state index in [1.54, 1.807) is 0 Å². The Morgan fingerprint density at radius 3 is 2.14 bits per heavy atom. The van der Waals surface area contributed by atoms with Crippen LogP contribution in [0, 0.1) is 5.41 Å². The van der Waals surface area contributed by atoms with Gasteiger partial charge in [0.2, 0.25) is 0 Å². The van der Waals surface area contributed by atoms with E-state index >= 15 is 0 Å². The first kappa shape index (κ1) is 18.1. The first-order valence-corrected chi connectivity index (χ1v) is 8.13. The fourth-order valence-electron chi connectivity index (χ4n) is 2.66. The second-order valence-electron chi connectivity index (χ2n) is 7.34. The van der Waals surface area contributed by atoms with Gasteiger partial charge in [0.05, 0.1) is 0 Å². The second-order valence-corrected chi connectivity index (χ2v) is 7.34. The van der Waals surface area contributed by atoms with E-state index in [1.807, 2.05) is 12.4 Å². The lowest BCUT2D eigenvalue weighted by Crippen LogP contribution is -2.47. The molecule has 0 bridgehead atoms. The molecule has 120 valence electrons. The quantitative estimate of drug-likeness (QED) is 0.791. The molecule has 0 spiro atoms. The smallest absolute Gasteiger partial charge is 0.0271 e. The van der Waals surface area contributed by atoms with Gasteiger partial charge < -0.3 is 10.2 Å². The van der Waals surface area contributed by atoms with E-state index in [1.165, 1.54) is 18.4 Å². The summed E-state index contributed by atoms with van der Waals surface area (Å²) in [5, 5.41) is 3.70. The molecule has 0 unspecified atom stereocenters. The number of pyridine rings is 1. The Morgan fingerprint density at radius 1 is 1.10 bits per heavy atom. The molecule has 1 heterocycles. The predicted molar refractivity (Wildman–Crippen MR) is 91.3 cm³/mol. The molecule has 0 aliphatic heterocycles. The predicted octanol–water partition coefficient (Wildman–Crippen LogP) is 3.71. The van der Waals surface area contributed by atoms with Crippen molar-refractivity contribution in [3.63, 3.8) is 0 Å². The van der Waals surface area contributed by atoms with Gasteiger partial charge >= 0.3 is 0 Å². The molecular weight excluding hydrogens is 258 g/mol. The van der Waals surface area contributed by atoms with Gasteiger partial charge in [0.15, 0.2) is 0 Å². The maximum absolute atomic E-state index is 4.09. The summed E-state index contributed by atoms with van der Waals surface area (Å²) in [6, 6.07) is 4.20. The monoisotopic (exact) mass is 291 g/mol. The second kappa shape index (κ2) is 7.90. The normalized spacial score (nSPS) is 12.9. The van der Waals surface area contributed by atoms with Crippen LogP contribution in [0.4, 0.5) is 0 Å². The molecule has 1 aromatic heterocycles. The third kappa shape index (κ3) is 6.58. The Hall–Kier alpha value is -0.930. The molecule has 0 aromatic carbocycles. The third-order valence-electron chi connectivity index (χ3n) is 4.30. The standard InChI is InChI=1S/C18H33N3/c1-7-18(8-2,14-20-17(3,4)5)15-21(6)13-16-9-11-19-12-10-16/h9-12,20H,7-8,13-15H2,1-6H3. The van der Waals surface area contributed by atoms with Crippen LogP contribution in [0.2, 0.25) is 0 Å². The van der Waals surface area contributed by atoms with Crippen LogP contribution in [0.15, 0.2) is 24.5 Å². The van der Waals surface area contributed by atoms with Gasteiger partial charge in [-0.1, -0.05) is 13.8 Å². The molecule has 1 rings (SSSR count). The maximum atomic E-state index is 4.09. The van der Waals surface area contributed by atoms with Crippen LogP contribution in [0.25, 0.3) is 0 Å². The van der Waals surface area contributed by atoms with E-state index in [-0.39, 0.29) is 5.54 Å². The molecule has 0 saturated carbocycles. The van der Waals surface area contributed by atoms with Gasteiger partial charge in [-0.2, -0.15) is 0 Å². The van der Waals surface area contributed by atoms with Crippen LogP contribution < -0.4 is 5.32 Å². The molecule has 21 heavy (non-hydrogen) atoms.